The first-order valence-corrected chi connectivity index (χ1v) is 10.7. The molecule has 31 heavy (non-hydrogen) atoms. The largest absolute Gasteiger partial charge is 0.367 e. The number of alkyl halides is 4. The monoisotopic (exact) mass is 458 g/mol. The lowest BCUT2D eigenvalue weighted by molar-refractivity contribution is -0.0366. The van der Waals surface area contributed by atoms with E-state index in [1.54, 1.807) is 6.07 Å². The number of rotatable bonds is 5. The number of nitrogens with zero attached hydrogens (tertiary/aromatic N) is 4. The standard InChI is InChI=1S/C20H23ClF4N6/c21-15-11-26-10-14(29-15)18-30-16(27-12-1-5-19(22,23)6-2-12)9-17(31-18)28-13-3-7-20(24,25)8-4-13/h9-13H,1-8H2,(H2,27,28,30,31). The molecule has 168 valence electrons. The van der Waals surface area contributed by atoms with E-state index in [-0.39, 0.29) is 48.7 Å². The molecule has 2 heterocycles. The van der Waals surface area contributed by atoms with Crippen LogP contribution in [0.3, 0.4) is 0 Å². The molecule has 0 aromatic carbocycles. The molecule has 11 heteroatoms. The minimum absolute atomic E-state index is 0.144. The van der Waals surface area contributed by atoms with Crippen LogP contribution in [0, 0.1) is 0 Å². The molecule has 4 rings (SSSR count). The van der Waals surface area contributed by atoms with Gasteiger partial charge in [0.1, 0.15) is 22.5 Å². The van der Waals surface area contributed by atoms with Gasteiger partial charge in [-0.1, -0.05) is 11.6 Å². The third-order valence-electron chi connectivity index (χ3n) is 5.70. The van der Waals surface area contributed by atoms with Gasteiger partial charge in [0.25, 0.3) is 0 Å². The molecule has 2 fully saturated rings. The summed E-state index contributed by atoms with van der Waals surface area (Å²) in [5.41, 5.74) is 0.351. The van der Waals surface area contributed by atoms with E-state index < -0.39 is 11.8 Å². The quantitative estimate of drug-likeness (QED) is 0.571. The maximum Gasteiger partial charge on any atom is 0.248 e. The number of halogens is 5. The normalized spacial score (nSPS) is 21.6. The average Bonchev–Trinajstić information content (AvgIpc) is 2.71. The first-order valence-electron chi connectivity index (χ1n) is 10.3. The van der Waals surface area contributed by atoms with E-state index in [1.165, 1.54) is 12.4 Å². The van der Waals surface area contributed by atoms with Crippen molar-refractivity contribution < 1.29 is 17.6 Å². The van der Waals surface area contributed by atoms with Crippen molar-refractivity contribution in [1.29, 1.82) is 0 Å². The molecule has 0 spiro atoms. The highest BCUT2D eigenvalue weighted by Crippen LogP contribution is 2.36. The number of anilines is 2. The molecule has 2 aromatic heterocycles. The zero-order valence-electron chi connectivity index (χ0n) is 16.7. The van der Waals surface area contributed by atoms with Crippen molar-refractivity contribution in [1.82, 2.24) is 19.9 Å². The van der Waals surface area contributed by atoms with Gasteiger partial charge in [0.05, 0.1) is 12.4 Å². The Labute approximate surface area is 182 Å². The number of nitrogens with one attached hydrogen (secondary N) is 2. The molecule has 6 nitrogen and oxygen atoms in total. The Hall–Kier alpha value is -2.23. The van der Waals surface area contributed by atoms with Crippen molar-refractivity contribution in [3.05, 3.63) is 23.6 Å². The van der Waals surface area contributed by atoms with Crippen molar-refractivity contribution in [3.8, 4) is 11.5 Å². The Balaban J connectivity index is 1.55. The third-order valence-corrected chi connectivity index (χ3v) is 5.88. The van der Waals surface area contributed by atoms with Crippen LogP contribution in [0.1, 0.15) is 51.4 Å². The van der Waals surface area contributed by atoms with Crippen LogP contribution in [0.2, 0.25) is 5.15 Å². The van der Waals surface area contributed by atoms with Crippen LogP contribution in [0.15, 0.2) is 18.5 Å². The van der Waals surface area contributed by atoms with E-state index >= 15 is 0 Å². The maximum absolute atomic E-state index is 13.5. The van der Waals surface area contributed by atoms with Gasteiger partial charge in [0, 0.05) is 43.8 Å². The summed E-state index contributed by atoms with van der Waals surface area (Å²) in [6.45, 7) is 0. The lowest BCUT2D eigenvalue weighted by Crippen LogP contribution is -2.33. The minimum Gasteiger partial charge on any atom is -0.367 e. The number of hydrogen-bond acceptors (Lipinski definition) is 6. The van der Waals surface area contributed by atoms with Gasteiger partial charge in [-0.05, 0) is 25.7 Å². The number of aromatic nitrogens is 4. The van der Waals surface area contributed by atoms with Gasteiger partial charge in [-0.3, -0.25) is 4.98 Å². The Morgan fingerprint density at radius 3 is 1.71 bits per heavy atom. The molecule has 0 aliphatic heterocycles. The minimum atomic E-state index is -2.62. The van der Waals surface area contributed by atoms with Gasteiger partial charge in [-0.15, -0.1) is 0 Å². The van der Waals surface area contributed by atoms with Gasteiger partial charge < -0.3 is 10.6 Å². The fourth-order valence-electron chi connectivity index (χ4n) is 3.95. The van der Waals surface area contributed by atoms with Crippen LogP contribution >= 0.6 is 11.6 Å². The van der Waals surface area contributed by atoms with E-state index in [9.17, 15) is 17.6 Å². The van der Waals surface area contributed by atoms with E-state index in [2.05, 4.69) is 30.6 Å². The van der Waals surface area contributed by atoms with Crippen LogP contribution in [0.25, 0.3) is 11.5 Å². The fourth-order valence-corrected chi connectivity index (χ4v) is 4.09. The lowest BCUT2D eigenvalue weighted by Gasteiger charge is -2.30. The molecular weight excluding hydrogens is 436 g/mol. The topological polar surface area (TPSA) is 75.6 Å². The van der Waals surface area contributed by atoms with Crippen molar-refractivity contribution >= 4 is 23.2 Å². The van der Waals surface area contributed by atoms with Crippen LogP contribution in [-0.4, -0.2) is 43.9 Å². The SMILES string of the molecule is FC1(F)CCC(Nc2cc(NC3CCC(F)(F)CC3)nc(-c3cncc(Cl)n3)n2)CC1. The summed E-state index contributed by atoms with van der Waals surface area (Å²) in [6.07, 6.45) is 3.44. The number of hydrogen-bond donors (Lipinski definition) is 2. The molecule has 2 N–H and O–H groups in total. The second-order valence-electron chi connectivity index (χ2n) is 8.24. The Kier molecular flexibility index (Phi) is 6.18. The van der Waals surface area contributed by atoms with Crippen molar-refractivity contribution in [2.45, 2.75) is 75.3 Å². The zero-order valence-corrected chi connectivity index (χ0v) is 17.5. The summed E-state index contributed by atoms with van der Waals surface area (Å²) in [7, 11) is 0. The van der Waals surface area contributed by atoms with E-state index in [4.69, 9.17) is 11.6 Å². The highest BCUT2D eigenvalue weighted by molar-refractivity contribution is 6.29. The molecule has 0 atom stereocenters. The fraction of sp³-hybridized carbons (Fsp3) is 0.600. The smallest absolute Gasteiger partial charge is 0.248 e. The molecule has 2 saturated carbocycles. The highest BCUT2D eigenvalue weighted by Gasteiger charge is 2.36. The Bertz CT molecular complexity index is 860. The Morgan fingerprint density at radius 2 is 1.26 bits per heavy atom. The summed E-state index contributed by atoms with van der Waals surface area (Å²) in [5.74, 6) is -4.09. The van der Waals surface area contributed by atoms with E-state index in [0.29, 0.717) is 43.0 Å². The highest BCUT2D eigenvalue weighted by atomic mass is 35.5. The predicted molar refractivity (Wildman–Crippen MR) is 110 cm³/mol. The zero-order chi connectivity index (χ0) is 22.1. The van der Waals surface area contributed by atoms with Gasteiger partial charge >= 0.3 is 0 Å². The third kappa shape index (κ3) is 5.93. The molecular formula is C20H23ClF4N6. The van der Waals surface area contributed by atoms with Gasteiger partial charge in [0.15, 0.2) is 5.82 Å². The molecule has 0 radical (unpaired) electrons. The summed E-state index contributed by atoms with van der Waals surface area (Å²) in [5, 5.41) is 6.60. The second-order valence-corrected chi connectivity index (χ2v) is 8.63. The van der Waals surface area contributed by atoms with Crippen molar-refractivity contribution in [3.63, 3.8) is 0 Å². The van der Waals surface area contributed by atoms with Crippen LogP contribution in [-0.2, 0) is 0 Å². The maximum atomic E-state index is 13.5. The molecule has 2 aliphatic rings. The van der Waals surface area contributed by atoms with Gasteiger partial charge in [0.2, 0.25) is 11.8 Å². The molecule has 0 saturated heterocycles. The second kappa shape index (κ2) is 8.72. The van der Waals surface area contributed by atoms with Gasteiger partial charge in [-0.25, -0.2) is 32.5 Å². The van der Waals surface area contributed by atoms with Crippen LogP contribution in [0.5, 0.6) is 0 Å². The van der Waals surface area contributed by atoms with Gasteiger partial charge in [-0.2, -0.15) is 0 Å². The van der Waals surface area contributed by atoms with Crippen LogP contribution < -0.4 is 10.6 Å². The van der Waals surface area contributed by atoms with Crippen molar-refractivity contribution in [2.24, 2.45) is 0 Å². The molecule has 0 unspecified atom stereocenters. The van der Waals surface area contributed by atoms with Crippen molar-refractivity contribution in [2.75, 3.05) is 10.6 Å². The summed E-state index contributed by atoms with van der Waals surface area (Å²) >= 11 is 5.94. The first-order chi connectivity index (χ1) is 14.7. The predicted octanol–water partition coefficient (Wildman–Crippen LogP) is 5.57. The molecule has 0 bridgehead atoms. The molecule has 2 aromatic rings. The van der Waals surface area contributed by atoms with E-state index in [1.807, 2.05) is 0 Å². The first kappa shape index (κ1) is 22.0. The van der Waals surface area contributed by atoms with E-state index in [0.717, 1.165) is 0 Å². The van der Waals surface area contributed by atoms with Crippen LogP contribution in [0.4, 0.5) is 29.2 Å². The average molecular weight is 459 g/mol. The molecule has 2 aliphatic carbocycles. The summed E-state index contributed by atoms with van der Waals surface area (Å²) < 4.78 is 53.9. The summed E-state index contributed by atoms with van der Waals surface area (Å²) in [4.78, 5) is 17.1. The molecule has 0 amide bonds. The lowest BCUT2D eigenvalue weighted by atomic mass is 9.92. The Morgan fingerprint density at radius 1 is 0.774 bits per heavy atom. The summed E-state index contributed by atoms with van der Waals surface area (Å²) in [6, 6.07) is 1.38.